The number of nitrogens with zero attached hydrogens (tertiary/aromatic N) is 3. The Morgan fingerprint density at radius 2 is 1.38 bits per heavy atom. The van der Waals surface area contributed by atoms with Gasteiger partial charge in [-0.2, -0.15) is 0 Å². The van der Waals surface area contributed by atoms with Gasteiger partial charge in [0, 0.05) is 32.7 Å². The Labute approximate surface area is 226 Å². The molecule has 0 aliphatic rings. The van der Waals surface area contributed by atoms with Crippen molar-refractivity contribution < 1.29 is 18.7 Å². The van der Waals surface area contributed by atoms with E-state index in [1.807, 2.05) is 6.92 Å². The standard InChI is InChI=1S/C30H55N3O4/c1-3-4-5-6-9-15-20-27-36-30(35)21-16-11-10-13-18-24-33(23-17-12-7-8-14-19-26-34)25-22-29-32-31-28(2)37-29/h26H,3-25,27H2,1-2H3. The average Bonchev–Trinajstić information content (AvgIpc) is 3.32. The van der Waals surface area contributed by atoms with Gasteiger partial charge in [0.2, 0.25) is 11.8 Å². The molecule has 0 amide bonds. The van der Waals surface area contributed by atoms with Crippen LogP contribution in [-0.4, -0.2) is 53.6 Å². The van der Waals surface area contributed by atoms with Crippen molar-refractivity contribution in [3.8, 4) is 0 Å². The summed E-state index contributed by atoms with van der Waals surface area (Å²) in [6, 6.07) is 0. The Kier molecular flexibility index (Phi) is 22.1. The molecule has 0 aliphatic heterocycles. The Hall–Kier alpha value is -1.76. The second-order valence-electron chi connectivity index (χ2n) is 10.4. The molecule has 1 aromatic heterocycles. The number of unbranched alkanes of at least 4 members (excludes halogenated alkanes) is 15. The fourth-order valence-corrected chi connectivity index (χ4v) is 4.57. The summed E-state index contributed by atoms with van der Waals surface area (Å²) in [6.45, 7) is 7.77. The van der Waals surface area contributed by atoms with Crippen LogP contribution in [0, 0.1) is 6.92 Å². The molecule has 0 aromatic carbocycles. The number of ether oxygens (including phenoxy) is 1. The third-order valence-corrected chi connectivity index (χ3v) is 6.87. The van der Waals surface area contributed by atoms with Crippen LogP contribution in [0.25, 0.3) is 0 Å². The van der Waals surface area contributed by atoms with Crippen LogP contribution in [0.4, 0.5) is 0 Å². The van der Waals surface area contributed by atoms with Gasteiger partial charge in [0.15, 0.2) is 0 Å². The van der Waals surface area contributed by atoms with Crippen molar-refractivity contribution in [2.24, 2.45) is 0 Å². The first kappa shape index (κ1) is 33.3. The zero-order valence-electron chi connectivity index (χ0n) is 24.0. The third kappa shape index (κ3) is 20.9. The molecule has 0 aliphatic carbocycles. The van der Waals surface area contributed by atoms with Crippen LogP contribution in [0.5, 0.6) is 0 Å². The summed E-state index contributed by atoms with van der Waals surface area (Å²) in [5.41, 5.74) is 0. The maximum absolute atomic E-state index is 11.9. The second-order valence-corrected chi connectivity index (χ2v) is 10.4. The number of aldehydes is 1. The molecule has 0 radical (unpaired) electrons. The Balaban J connectivity index is 2.08. The lowest BCUT2D eigenvalue weighted by molar-refractivity contribution is -0.143. The Morgan fingerprint density at radius 3 is 2.00 bits per heavy atom. The predicted molar refractivity (Wildman–Crippen MR) is 150 cm³/mol. The molecule has 7 heteroatoms. The number of carbonyl (C=O) groups excluding carboxylic acids is 2. The summed E-state index contributed by atoms with van der Waals surface area (Å²) in [5, 5.41) is 8.07. The van der Waals surface area contributed by atoms with Gasteiger partial charge in [0.1, 0.15) is 6.29 Å². The fraction of sp³-hybridized carbons (Fsp3) is 0.867. The molecule has 214 valence electrons. The average molecular weight is 522 g/mol. The van der Waals surface area contributed by atoms with Crippen molar-refractivity contribution >= 4 is 12.3 Å². The van der Waals surface area contributed by atoms with E-state index in [1.54, 1.807) is 0 Å². The van der Waals surface area contributed by atoms with Crippen molar-refractivity contribution in [3.63, 3.8) is 0 Å². The minimum atomic E-state index is -0.0282. The summed E-state index contributed by atoms with van der Waals surface area (Å²) < 4.78 is 10.9. The lowest BCUT2D eigenvalue weighted by atomic mass is 10.1. The lowest BCUT2D eigenvalue weighted by Crippen LogP contribution is -2.28. The molecule has 0 unspecified atom stereocenters. The highest BCUT2D eigenvalue weighted by Gasteiger charge is 2.09. The molecule has 0 saturated heterocycles. The maximum atomic E-state index is 11.9. The molecule has 0 N–H and O–H groups in total. The predicted octanol–water partition coefficient (Wildman–Crippen LogP) is 7.40. The molecule has 0 fully saturated rings. The molecule has 1 rings (SSSR count). The number of esters is 1. The van der Waals surface area contributed by atoms with Gasteiger partial charge < -0.3 is 18.8 Å². The van der Waals surface area contributed by atoms with Crippen LogP contribution in [0.2, 0.25) is 0 Å². The van der Waals surface area contributed by atoms with E-state index in [2.05, 4.69) is 22.0 Å². The van der Waals surface area contributed by atoms with Gasteiger partial charge in [0.05, 0.1) is 6.61 Å². The summed E-state index contributed by atoms with van der Waals surface area (Å²) in [4.78, 5) is 24.9. The zero-order valence-corrected chi connectivity index (χ0v) is 24.0. The number of carbonyl (C=O) groups is 2. The molecule has 1 aromatic rings. The van der Waals surface area contributed by atoms with Gasteiger partial charge in [-0.3, -0.25) is 4.79 Å². The summed E-state index contributed by atoms with van der Waals surface area (Å²) in [5.74, 6) is 1.31. The fourth-order valence-electron chi connectivity index (χ4n) is 4.57. The summed E-state index contributed by atoms with van der Waals surface area (Å²) in [6.07, 6.45) is 23.0. The van der Waals surface area contributed by atoms with Crippen molar-refractivity contribution in [1.29, 1.82) is 0 Å². The SMILES string of the molecule is CCCCCCCCCOC(=O)CCCCCCCN(CCCCCCCC=O)CCc1nnc(C)o1. The highest BCUT2D eigenvalue weighted by molar-refractivity contribution is 5.69. The number of hydrogen-bond acceptors (Lipinski definition) is 7. The van der Waals surface area contributed by atoms with Crippen LogP contribution in [0.1, 0.15) is 141 Å². The topological polar surface area (TPSA) is 85.5 Å². The quantitative estimate of drug-likeness (QED) is 0.0677. The second kappa shape index (κ2) is 24.6. The molecule has 1 heterocycles. The molecule has 0 atom stereocenters. The number of aryl methyl sites for hydroxylation is 1. The van der Waals surface area contributed by atoms with E-state index in [-0.39, 0.29) is 5.97 Å². The molecule has 37 heavy (non-hydrogen) atoms. The van der Waals surface area contributed by atoms with E-state index in [1.165, 1.54) is 77.0 Å². The van der Waals surface area contributed by atoms with Crippen LogP contribution < -0.4 is 0 Å². The Morgan fingerprint density at radius 1 is 0.784 bits per heavy atom. The van der Waals surface area contributed by atoms with E-state index in [9.17, 15) is 9.59 Å². The first-order valence-electron chi connectivity index (χ1n) is 15.3. The molecule has 0 spiro atoms. The summed E-state index contributed by atoms with van der Waals surface area (Å²) in [7, 11) is 0. The van der Waals surface area contributed by atoms with Gasteiger partial charge in [0.25, 0.3) is 0 Å². The van der Waals surface area contributed by atoms with Gasteiger partial charge in [-0.25, -0.2) is 0 Å². The van der Waals surface area contributed by atoms with Gasteiger partial charge in [-0.15, -0.1) is 10.2 Å². The van der Waals surface area contributed by atoms with Crippen LogP contribution in [-0.2, 0) is 20.7 Å². The highest BCUT2D eigenvalue weighted by Crippen LogP contribution is 2.11. The number of rotatable bonds is 27. The largest absolute Gasteiger partial charge is 0.466 e. The first-order chi connectivity index (χ1) is 18.2. The smallest absolute Gasteiger partial charge is 0.305 e. The van der Waals surface area contributed by atoms with E-state index in [4.69, 9.17) is 9.15 Å². The first-order valence-corrected chi connectivity index (χ1v) is 15.3. The zero-order chi connectivity index (χ0) is 26.8. The van der Waals surface area contributed by atoms with Gasteiger partial charge in [-0.05, 0) is 45.2 Å². The monoisotopic (exact) mass is 521 g/mol. The van der Waals surface area contributed by atoms with Crippen molar-refractivity contribution in [2.45, 2.75) is 142 Å². The molecular formula is C30H55N3O4. The van der Waals surface area contributed by atoms with Gasteiger partial charge >= 0.3 is 5.97 Å². The molecular weight excluding hydrogens is 466 g/mol. The minimum absolute atomic E-state index is 0.0282. The van der Waals surface area contributed by atoms with Crippen LogP contribution in [0.15, 0.2) is 4.42 Å². The van der Waals surface area contributed by atoms with Crippen LogP contribution >= 0.6 is 0 Å². The molecule has 0 bridgehead atoms. The maximum Gasteiger partial charge on any atom is 0.305 e. The van der Waals surface area contributed by atoms with E-state index >= 15 is 0 Å². The molecule has 0 saturated carbocycles. The van der Waals surface area contributed by atoms with Crippen LogP contribution in [0.3, 0.4) is 0 Å². The normalized spacial score (nSPS) is 11.3. The highest BCUT2D eigenvalue weighted by atomic mass is 16.5. The third-order valence-electron chi connectivity index (χ3n) is 6.87. The van der Waals surface area contributed by atoms with Crippen molar-refractivity contribution in [1.82, 2.24) is 15.1 Å². The lowest BCUT2D eigenvalue weighted by Gasteiger charge is -2.21. The minimum Gasteiger partial charge on any atom is -0.466 e. The van der Waals surface area contributed by atoms with Gasteiger partial charge in [-0.1, -0.05) is 84.0 Å². The number of aromatic nitrogens is 2. The van der Waals surface area contributed by atoms with Crippen molar-refractivity contribution in [2.75, 3.05) is 26.2 Å². The van der Waals surface area contributed by atoms with E-state index in [0.717, 1.165) is 70.3 Å². The van der Waals surface area contributed by atoms with Crippen molar-refractivity contribution in [3.05, 3.63) is 11.8 Å². The Bertz CT molecular complexity index is 665. The summed E-state index contributed by atoms with van der Waals surface area (Å²) >= 11 is 0. The number of hydrogen-bond donors (Lipinski definition) is 0. The van der Waals surface area contributed by atoms with E-state index in [0.29, 0.717) is 25.3 Å². The van der Waals surface area contributed by atoms with E-state index < -0.39 is 0 Å². The molecule has 7 nitrogen and oxygen atoms in total.